The smallest absolute Gasteiger partial charge is 0.00301 e. The molecule has 2 aromatic carbocycles. The average Bonchev–Trinajstić information content (AvgIpc) is 3.21. The molecule has 0 aliphatic heterocycles. The van der Waals surface area contributed by atoms with Gasteiger partial charge in [0, 0.05) is 11.8 Å². The molecule has 0 aromatic heterocycles. The Morgan fingerprint density at radius 2 is 1.04 bits per heavy atom. The van der Waals surface area contributed by atoms with Crippen molar-refractivity contribution in [2.75, 3.05) is 0 Å². The van der Waals surface area contributed by atoms with Crippen molar-refractivity contribution in [2.24, 2.45) is 11.8 Å². The molecule has 0 N–H and O–H groups in total. The van der Waals surface area contributed by atoms with Gasteiger partial charge >= 0.3 is 0 Å². The van der Waals surface area contributed by atoms with E-state index in [2.05, 4.69) is 88.4 Å². The normalized spacial score (nSPS) is 20.7. The summed E-state index contributed by atoms with van der Waals surface area (Å²) < 4.78 is 0. The molecule has 0 fully saturated rings. The Balaban J connectivity index is 1.47. The van der Waals surface area contributed by atoms with Gasteiger partial charge in [0.15, 0.2) is 0 Å². The third-order valence-corrected chi connectivity index (χ3v) is 6.38. The highest BCUT2D eigenvalue weighted by molar-refractivity contribution is 5.76. The number of hydrogen-bond acceptors (Lipinski definition) is 0. The van der Waals surface area contributed by atoms with Crippen LogP contribution in [0.15, 0.2) is 60.7 Å². The molecule has 0 bridgehead atoms. The molecule has 2 aliphatic carbocycles. The molecule has 140 valence electrons. The van der Waals surface area contributed by atoms with Crippen LogP contribution in [0.2, 0.25) is 0 Å². The summed E-state index contributed by atoms with van der Waals surface area (Å²) in [5.74, 6) is 2.41. The van der Waals surface area contributed by atoms with E-state index in [1.165, 1.54) is 30.4 Å². The molecule has 27 heavy (non-hydrogen) atoms. The van der Waals surface area contributed by atoms with Crippen LogP contribution in [0.4, 0.5) is 0 Å². The Morgan fingerprint density at radius 3 is 1.44 bits per heavy atom. The Labute approximate surface area is 165 Å². The predicted octanol–water partition coefficient (Wildman–Crippen LogP) is 7.83. The van der Waals surface area contributed by atoms with Crippen LogP contribution in [-0.4, -0.2) is 0 Å². The first-order valence-corrected chi connectivity index (χ1v) is 10.7. The Kier molecular flexibility index (Phi) is 5.08. The molecule has 0 saturated heterocycles. The zero-order valence-corrected chi connectivity index (χ0v) is 17.2. The first kappa shape index (κ1) is 18.3. The van der Waals surface area contributed by atoms with Crippen molar-refractivity contribution in [1.29, 1.82) is 0 Å². The van der Waals surface area contributed by atoms with Gasteiger partial charge in [0.05, 0.1) is 0 Å². The monoisotopic (exact) mass is 356 g/mol. The molecule has 2 aromatic rings. The van der Waals surface area contributed by atoms with E-state index in [4.69, 9.17) is 0 Å². The zero-order chi connectivity index (χ0) is 19.0. The molecule has 2 unspecified atom stereocenters. The van der Waals surface area contributed by atoms with Gasteiger partial charge in [-0.15, -0.1) is 0 Å². The van der Waals surface area contributed by atoms with Crippen LogP contribution >= 0.6 is 0 Å². The fourth-order valence-corrected chi connectivity index (χ4v) is 5.00. The number of fused-ring (bicyclic) bond motifs is 2. The molecule has 0 saturated carbocycles. The molecule has 4 rings (SSSR count). The van der Waals surface area contributed by atoms with Crippen LogP contribution in [0.1, 0.15) is 81.0 Å². The minimum absolute atomic E-state index is 0.601. The average molecular weight is 357 g/mol. The fourth-order valence-electron chi connectivity index (χ4n) is 5.00. The van der Waals surface area contributed by atoms with Gasteiger partial charge in [0.1, 0.15) is 0 Å². The lowest BCUT2D eigenvalue weighted by Gasteiger charge is -2.14. The summed E-state index contributed by atoms with van der Waals surface area (Å²) in [6.45, 7) is 9.27. The molecule has 2 aliphatic rings. The predicted molar refractivity (Wildman–Crippen MR) is 118 cm³/mol. The quantitative estimate of drug-likeness (QED) is 0.494. The molecule has 0 nitrogen and oxygen atoms in total. The highest BCUT2D eigenvalue weighted by Crippen LogP contribution is 2.44. The maximum absolute atomic E-state index is 2.55. The second kappa shape index (κ2) is 7.50. The number of allylic oxidation sites excluding steroid dienone is 4. The molecule has 2 atom stereocenters. The van der Waals surface area contributed by atoms with Crippen molar-refractivity contribution < 1.29 is 0 Å². The molecular formula is C27H32. The van der Waals surface area contributed by atoms with Crippen molar-refractivity contribution in [3.05, 3.63) is 82.9 Å². The van der Waals surface area contributed by atoms with Crippen molar-refractivity contribution >= 4 is 11.1 Å². The lowest BCUT2D eigenvalue weighted by molar-refractivity contribution is 0.612. The molecule has 0 amide bonds. The minimum Gasteiger partial charge on any atom is -0.0729 e. The summed E-state index contributed by atoms with van der Waals surface area (Å²) in [7, 11) is 0. The fraction of sp³-hybridized carbons (Fsp3) is 0.407. The van der Waals surface area contributed by atoms with Crippen LogP contribution in [-0.2, 0) is 0 Å². The highest BCUT2D eigenvalue weighted by atomic mass is 14.3. The van der Waals surface area contributed by atoms with E-state index in [1.54, 1.807) is 22.3 Å². The van der Waals surface area contributed by atoms with Gasteiger partial charge in [-0.3, -0.25) is 0 Å². The lowest BCUT2D eigenvalue weighted by atomic mass is 9.90. The van der Waals surface area contributed by atoms with Gasteiger partial charge in [0.25, 0.3) is 0 Å². The topological polar surface area (TPSA) is 0 Å². The van der Waals surface area contributed by atoms with E-state index in [0.717, 1.165) is 0 Å². The molecular weight excluding hydrogens is 324 g/mol. The van der Waals surface area contributed by atoms with Crippen molar-refractivity contribution in [2.45, 2.75) is 58.8 Å². The molecule has 0 heteroatoms. The first-order chi connectivity index (χ1) is 13.1. The van der Waals surface area contributed by atoms with E-state index in [-0.39, 0.29) is 0 Å². The molecule has 0 heterocycles. The second-order valence-electron chi connectivity index (χ2n) is 8.87. The molecule has 0 spiro atoms. The van der Waals surface area contributed by atoms with Gasteiger partial charge in [-0.1, -0.05) is 94.8 Å². The summed E-state index contributed by atoms with van der Waals surface area (Å²) in [6, 6.07) is 18.1. The molecule has 0 radical (unpaired) electrons. The first-order valence-electron chi connectivity index (χ1n) is 10.7. The van der Waals surface area contributed by atoms with E-state index in [9.17, 15) is 0 Å². The standard InChI is InChI=1S/C27H32/c1-18(2)26-16-20(22-12-5-7-14-24(22)26)10-9-11-21-17-27(19(3)4)25-15-8-6-13-23(21)25/h5-8,12-21H,9-11H2,1-4H3. The second-order valence-corrected chi connectivity index (χ2v) is 8.87. The number of hydrogen-bond donors (Lipinski definition) is 0. The van der Waals surface area contributed by atoms with Crippen LogP contribution in [0.3, 0.4) is 0 Å². The third kappa shape index (κ3) is 3.43. The van der Waals surface area contributed by atoms with Crippen LogP contribution < -0.4 is 0 Å². The summed E-state index contributed by atoms with van der Waals surface area (Å²) in [4.78, 5) is 0. The minimum atomic E-state index is 0.601. The maximum Gasteiger partial charge on any atom is 0.00301 e. The number of benzene rings is 2. The largest absolute Gasteiger partial charge is 0.0729 e. The van der Waals surface area contributed by atoms with Gasteiger partial charge in [-0.2, -0.15) is 0 Å². The summed E-state index contributed by atoms with van der Waals surface area (Å²) in [5.41, 5.74) is 9.17. The van der Waals surface area contributed by atoms with Gasteiger partial charge in [-0.05, 0) is 58.1 Å². The van der Waals surface area contributed by atoms with Gasteiger partial charge < -0.3 is 0 Å². The van der Waals surface area contributed by atoms with Crippen molar-refractivity contribution in [3.8, 4) is 0 Å². The highest BCUT2D eigenvalue weighted by Gasteiger charge is 2.26. The SMILES string of the molecule is CC(C)C1=CC(CCCC2C=C(C(C)C)c3ccccc32)c2ccccc21. The van der Waals surface area contributed by atoms with Crippen LogP contribution in [0.25, 0.3) is 11.1 Å². The maximum atomic E-state index is 2.55. The van der Waals surface area contributed by atoms with E-state index < -0.39 is 0 Å². The van der Waals surface area contributed by atoms with E-state index in [0.29, 0.717) is 23.7 Å². The van der Waals surface area contributed by atoms with Gasteiger partial charge in [-0.25, -0.2) is 0 Å². The Bertz CT molecular complexity index is 805. The Hall–Kier alpha value is -2.08. The Morgan fingerprint density at radius 1 is 0.630 bits per heavy atom. The summed E-state index contributed by atoms with van der Waals surface area (Å²) in [5, 5.41) is 0. The van der Waals surface area contributed by atoms with Crippen LogP contribution in [0, 0.1) is 11.8 Å². The number of rotatable bonds is 6. The third-order valence-electron chi connectivity index (χ3n) is 6.38. The van der Waals surface area contributed by atoms with Crippen LogP contribution in [0.5, 0.6) is 0 Å². The van der Waals surface area contributed by atoms with Crippen molar-refractivity contribution in [1.82, 2.24) is 0 Å². The van der Waals surface area contributed by atoms with Gasteiger partial charge in [0.2, 0.25) is 0 Å². The van der Waals surface area contributed by atoms with Crippen molar-refractivity contribution in [3.63, 3.8) is 0 Å². The van der Waals surface area contributed by atoms with E-state index >= 15 is 0 Å². The zero-order valence-electron chi connectivity index (χ0n) is 17.2. The lowest BCUT2D eigenvalue weighted by Crippen LogP contribution is -1.97. The summed E-state index contributed by atoms with van der Waals surface area (Å²) in [6.07, 6.45) is 8.90. The van der Waals surface area contributed by atoms with E-state index in [1.807, 2.05) is 0 Å². The summed E-state index contributed by atoms with van der Waals surface area (Å²) >= 11 is 0.